The molecule has 4 heteroatoms. The smallest absolute Gasteiger partial charge is 0.241 e. The Balaban J connectivity index is 2.07. The Bertz CT molecular complexity index is 565. The van der Waals surface area contributed by atoms with Gasteiger partial charge in [-0.05, 0) is 55.6 Å². The van der Waals surface area contributed by atoms with Gasteiger partial charge >= 0.3 is 0 Å². The summed E-state index contributed by atoms with van der Waals surface area (Å²) in [5.74, 6) is 1.01. The first-order valence-corrected chi connectivity index (χ1v) is 11.2. The largest absolute Gasteiger partial charge is 0.547 e. The zero-order valence-electron chi connectivity index (χ0n) is 13.5. The van der Waals surface area contributed by atoms with Gasteiger partial charge in [-0.1, -0.05) is 13.8 Å². The van der Waals surface area contributed by atoms with Crippen molar-refractivity contribution in [2.45, 2.75) is 39.9 Å². The minimum Gasteiger partial charge on any atom is -0.547 e. The first-order chi connectivity index (χ1) is 9.60. The van der Waals surface area contributed by atoms with Crippen LogP contribution in [0.5, 0.6) is 0 Å². The van der Waals surface area contributed by atoms with Crippen LogP contribution in [0.2, 0.25) is 19.6 Å². The number of hydrogen-bond acceptors (Lipinski definition) is 3. The van der Waals surface area contributed by atoms with Crippen LogP contribution in [0.15, 0.2) is 24.0 Å². The Morgan fingerprint density at radius 2 is 1.67 bits per heavy atom. The third-order valence-electron chi connectivity index (χ3n) is 4.99. The van der Waals surface area contributed by atoms with E-state index >= 15 is 0 Å². The molecule has 1 fully saturated rings. The van der Waals surface area contributed by atoms with E-state index in [0.29, 0.717) is 0 Å². The third kappa shape index (κ3) is 2.33. The van der Waals surface area contributed by atoms with Crippen LogP contribution in [0.25, 0.3) is 0 Å². The van der Waals surface area contributed by atoms with Gasteiger partial charge in [-0.2, -0.15) is 0 Å². The van der Waals surface area contributed by atoms with E-state index in [2.05, 4.69) is 39.6 Å². The SMILES string of the molecule is CC1(C)C[C@@H]2C=C(O[Si](C)(C)C)[C@H]1[C@H]1C(=O)C=CC(=O)[C@H]12. The van der Waals surface area contributed by atoms with Crippen LogP contribution in [0, 0.1) is 29.1 Å². The molecule has 0 aromatic heterocycles. The van der Waals surface area contributed by atoms with Gasteiger partial charge in [-0.25, -0.2) is 0 Å². The Hall–Kier alpha value is -1.16. The van der Waals surface area contributed by atoms with Crippen LogP contribution >= 0.6 is 0 Å². The second kappa shape index (κ2) is 4.42. The molecule has 0 radical (unpaired) electrons. The molecule has 0 amide bonds. The van der Waals surface area contributed by atoms with Crippen molar-refractivity contribution < 1.29 is 14.0 Å². The molecule has 0 aliphatic heterocycles. The lowest BCUT2D eigenvalue weighted by Gasteiger charge is -2.55. The number of ketones is 2. The normalized spacial score (nSPS) is 37.3. The predicted molar refractivity (Wildman–Crippen MR) is 84.0 cm³/mol. The molecule has 0 aromatic carbocycles. The molecule has 2 bridgehead atoms. The molecule has 4 aliphatic carbocycles. The van der Waals surface area contributed by atoms with E-state index in [1.54, 1.807) is 0 Å². The maximum absolute atomic E-state index is 12.5. The highest BCUT2D eigenvalue weighted by Crippen LogP contribution is 2.58. The van der Waals surface area contributed by atoms with Gasteiger partial charge in [0.05, 0.1) is 5.76 Å². The van der Waals surface area contributed by atoms with Crippen LogP contribution in [0.3, 0.4) is 0 Å². The van der Waals surface area contributed by atoms with Gasteiger partial charge in [0.1, 0.15) is 0 Å². The van der Waals surface area contributed by atoms with Gasteiger partial charge in [0.15, 0.2) is 11.6 Å². The molecule has 21 heavy (non-hydrogen) atoms. The van der Waals surface area contributed by atoms with Crippen molar-refractivity contribution in [1.29, 1.82) is 0 Å². The van der Waals surface area contributed by atoms with Gasteiger partial charge in [-0.15, -0.1) is 0 Å². The molecule has 1 saturated carbocycles. The summed E-state index contributed by atoms with van der Waals surface area (Å²) in [5, 5.41) is 0. The zero-order valence-corrected chi connectivity index (χ0v) is 14.5. The molecule has 4 atom stereocenters. The Labute approximate surface area is 127 Å². The van der Waals surface area contributed by atoms with Crippen molar-refractivity contribution >= 4 is 19.9 Å². The molecule has 0 spiro atoms. The van der Waals surface area contributed by atoms with Crippen LogP contribution in [0.1, 0.15) is 20.3 Å². The van der Waals surface area contributed by atoms with E-state index in [1.165, 1.54) is 12.2 Å². The average molecular weight is 304 g/mol. The Morgan fingerprint density at radius 1 is 1.10 bits per heavy atom. The number of hydrogen-bond donors (Lipinski definition) is 0. The number of carbonyl (C=O) groups is 2. The zero-order chi connectivity index (χ0) is 15.6. The molecular weight excluding hydrogens is 280 g/mol. The van der Waals surface area contributed by atoms with Crippen LogP contribution in [-0.2, 0) is 14.0 Å². The van der Waals surface area contributed by atoms with E-state index in [0.717, 1.165) is 12.2 Å². The van der Waals surface area contributed by atoms with Gasteiger partial charge in [0, 0.05) is 17.8 Å². The van der Waals surface area contributed by atoms with Gasteiger partial charge < -0.3 is 4.43 Å². The van der Waals surface area contributed by atoms with E-state index in [4.69, 9.17) is 4.43 Å². The van der Waals surface area contributed by atoms with Crippen LogP contribution in [0.4, 0.5) is 0 Å². The minimum absolute atomic E-state index is 0.0106. The van der Waals surface area contributed by atoms with Gasteiger partial charge in [0.25, 0.3) is 0 Å². The van der Waals surface area contributed by atoms with E-state index in [1.807, 2.05) is 0 Å². The molecule has 4 rings (SSSR count). The Morgan fingerprint density at radius 3 is 2.24 bits per heavy atom. The summed E-state index contributed by atoms with van der Waals surface area (Å²) in [5.41, 5.74) is 0.0106. The summed E-state index contributed by atoms with van der Waals surface area (Å²) in [6.07, 6.45) is 6.07. The predicted octanol–water partition coefficient (Wildman–Crippen LogP) is 3.34. The van der Waals surface area contributed by atoms with Crippen molar-refractivity contribution in [3.8, 4) is 0 Å². The molecule has 4 aliphatic rings. The fourth-order valence-corrected chi connectivity index (χ4v) is 5.33. The van der Waals surface area contributed by atoms with E-state index in [9.17, 15) is 9.59 Å². The average Bonchev–Trinajstić information content (AvgIpc) is 2.29. The second-order valence-electron chi connectivity index (χ2n) is 8.31. The lowest BCUT2D eigenvalue weighted by Crippen LogP contribution is -2.55. The summed E-state index contributed by atoms with van der Waals surface area (Å²) in [6.45, 7) is 10.9. The first-order valence-electron chi connectivity index (χ1n) is 7.77. The van der Waals surface area contributed by atoms with Crippen molar-refractivity contribution in [3.63, 3.8) is 0 Å². The highest BCUT2D eigenvalue weighted by atomic mass is 28.4. The summed E-state index contributed by atoms with van der Waals surface area (Å²) in [6, 6.07) is 0. The van der Waals surface area contributed by atoms with Crippen molar-refractivity contribution in [2.75, 3.05) is 0 Å². The standard InChI is InChI=1S/C17H24O3Si/c1-17(2)9-10-8-13(20-21(3,4)5)16(17)15-12(19)7-6-11(18)14(10)15/h6-8,10,14-16H,9H2,1-5H3/t10-,14+,15-,16-/m0/s1. The molecule has 0 aromatic rings. The first kappa shape index (κ1) is 14.8. The lowest BCUT2D eigenvalue weighted by molar-refractivity contribution is -0.141. The summed E-state index contributed by atoms with van der Waals surface area (Å²) in [4.78, 5) is 24.7. The summed E-state index contributed by atoms with van der Waals surface area (Å²) in [7, 11) is -1.72. The maximum Gasteiger partial charge on any atom is 0.241 e. The van der Waals surface area contributed by atoms with Crippen LogP contribution in [-0.4, -0.2) is 19.9 Å². The van der Waals surface area contributed by atoms with Crippen molar-refractivity contribution in [1.82, 2.24) is 0 Å². The molecule has 3 nitrogen and oxygen atoms in total. The highest BCUT2D eigenvalue weighted by Gasteiger charge is 2.58. The van der Waals surface area contributed by atoms with Gasteiger partial charge in [-0.3, -0.25) is 9.59 Å². The summed E-state index contributed by atoms with van der Waals surface area (Å²) < 4.78 is 6.29. The quantitative estimate of drug-likeness (QED) is 0.735. The van der Waals surface area contributed by atoms with Crippen molar-refractivity contribution in [3.05, 3.63) is 24.0 Å². The maximum atomic E-state index is 12.5. The minimum atomic E-state index is -1.72. The van der Waals surface area contributed by atoms with E-state index < -0.39 is 8.32 Å². The molecule has 114 valence electrons. The highest BCUT2D eigenvalue weighted by molar-refractivity contribution is 6.70. The monoisotopic (exact) mass is 304 g/mol. The fraction of sp³-hybridized carbons (Fsp3) is 0.647. The number of fused-ring (bicyclic) bond motifs is 1. The van der Waals surface area contributed by atoms with Gasteiger partial charge in [0.2, 0.25) is 8.32 Å². The molecule has 0 heterocycles. The fourth-order valence-electron chi connectivity index (χ4n) is 4.43. The second-order valence-corrected chi connectivity index (χ2v) is 12.7. The molecule has 0 saturated heterocycles. The van der Waals surface area contributed by atoms with E-state index in [-0.39, 0.29) is 40.7 Å². The molecule has 0 N–H and O–H groups in total. The number of rotatable bonds is 2. The van der Waals surface area contributed by atoms with Crippen molar-refractivity contribution in [2.24, 2.45) is 29.1 Å². The topological polar surface area (TPSA) is 43.4 Å². The summed E-state index contributed by atoms with van der Waals surface area (Å²) >= 11 is 0. The third-order valence-corrected chi connectivity index (χ3v) is 5.84. The Kier molecular flexibility index (Phi) is 3.10. The number of carbonyl (C=O) groups excluding carboxylic acids is 2. The van der Waals surface area contributed by atoms with Crippen LogP contribution < -0.4 is 0 Å². The molecular formula is C17H24O3Si. The number of allylic oxidation sites excluding steroid dienone is 4. The lowest BCUT2D eigenvalue weighted by atomic mass is 9.49. The molecule has 0 unspecified atom stereocenters.